The fourth-order valence-electron chi connectivity index (χ4n) is 3.79. The molecule has 1 heterocycles. The summed E-state index contributed by atoms with van der Waals surface area (Å²) in [6.07, 6.45) is 9.99. The molecule has 110 valence electrons. The first-order valence-electron chi connectivity index (χ1n) is 7.50. The minimum atomic E-state index is -0.127. The maximum atomic E-state index is 11.9. The Kier molecular flexibility index (Phi) is 4.19. The monoisotopic (exact) mass is 274 g/mol. The van der Waals surface area contributed by atoms with Gasteiger partial charge in [-0.2, -0.15) is 0 Å². The van der Waals surface area contributed by atoms with Crippen LogP contribution in [-0.2, 0) is 4.79 Å². The number of hydrogen-bond acceptors (Lipinski definition) is 2. The molecule has 3 unspecified atom stereocenters. The molecule has 0 bridgehead atoms. The average Bonchev–Trinajstić information content (AvgIpc) is 2.53. The van der Waals surface area contributed by atoms with Crippen LogP contribution in [0.3, 0.4) is 0 Å². The highest BCUT2D eigenvalue weighted by atomic mass is 16.1. The van der Waals surface area contributed by atoms with Gasteiger partial charge in [-0.05, 0) is 39.7 Å². The molecule has 2 aliphatic rings. The van der Waals surface area contributed by atoms with E-state index in [1.807, 2.05) is 6.08 Å². The second kappa shape index (κ2) is 5.57. The minimum absolute atomic E-state index is 0.00636. The maximum absolute atomic E-state index is 11.9. The molecule has 20 heavy (non-hydrogen) atoms. The molecular weight excluding hydrogens is 248 g/mol. The smallest absolute Gasteiger partial charge is 0.243 e. The lowest BCUT2D eigenvalue weighted by atomic mass is 9.66. The highest BCUT2D eigenvalue weighted by Crippen LogP contribution is 2.45. The van der Waals surface area contributed by atoms with Crippen molar-refractivity contribution in [3.05, 3.63) is 35.5 Å². The standard InChI is InChI=1S/C17H26N2O/c1-5-12(4)17(6-2)10-11(3)9-14(18)13-7-8-15(20)19-16(13)17/h5,7-8,10,13-14,16H,6,9,18H2,1-4H3,(H,19,20)/b12-5-/t13?,14-,16?,17?/m0/s1. The lowest BCUT2D eigenvalue weighted by Gasteiger charge is -2.44. The van der Waals surface area contributed by atoms with Gasteiger partial charge in [0, 0.05) is 23.4 Å². The molecule has 1 amide bonds. The highest BCUT2D eigenvalue weighted by Gasteiger charge is 2.46. The van der Waals surface area contributed by atoms with Gasteiger partial charge in [-0.25, -0.2) is 0 Å². The normalized spacial score (nSPS) is 37.9. The van der Waals surface area contributed by atoms with Crippen molar-refractivity contribution < 1.29 is 4.79 Å². The van der Waals surface area contributed by atoms with E-state index in [2.05, 4.69) is 45.2 Å². The van der Waals surface area contributed by atoms with Crippen LogP contribution in [0.4, 0.5) is 0 Å². The Morgan fingerprint density at radius 1 is 1.60 bits per heavy atom. The van der Waals surface area contributed by atoms with Crippen LogP contribution in [0.5, 0.6) is 0 Å². The van der Waals surface area contributed by atoms with Crippen LogP contribution in [-0.4, -0.2) is 18.0 Å². The number of hydrogen-bond donors (Lipinski definition) is 2. The van der Waals surface area contributed by atoms with Gasteiger partial charge in [0.25, 0.3) is 0 Å². The summed E-state index contributed by atoms with van der Waals surface area (Å²) in [6, 6.07) is 0.111. The number of carbonyl (C=O) groups excluding carboxylic acids is 1. The number of rotatable bonds is 2. The summed E-state index contributed by atoms with van der Waals surface area (Å²) in [5.74, 6) is 0.185. The van der Waals surface area contributed by atoms with Gasteiger partial charge in [-0.15, -0.1) is 0 Å². The highest BCUT2D eigenvalue weighted by molar-refractivity contribution is 5.89. The Bertz CT molecular complexity index is 489. The summed E-state index contributed by atoms with van der Waals surface area (Å²) in [5.41, 5.74) is 8.87. The molecule has 2 rings (SSSR count). The number of nitrogens with one attached hydrogen (secondary N) is 1. The molecule has 1 aliphatic carbocycles. The molecule has 0 fully saturated rings. The van der Waals surface area contributed by atoms with Crippen molar-refractivity contribution in [1.29, 1.82) is 0 Å². The van der Waals surface area contributed by atoms with E-state index in [4.69, 9.17) is 5.73 Å². The summed E-state index contributed by atoms with van der Waals surface area (Å²) in [7, 11) is 0. The van der Waals surface area contributed by atoms with Crippen LogP contribution in [0.25, 0.3) is 0 Å². The van der Waals surface area contributed by atoms with Crippen LogP contribution in [0, 0.1) is 11.3 Å². The number of fused-ring (bicyclic) bond motifs is 1. The molecule has 0 saturated carbocycles. The molecule has 1 aliphatic heterocycles. The zero-order valence-corrected chi connectivity index (χ0v) is 12.9. The number of carbonyl (C=O) groups is 1. The first-order chi connectivity index (χ1) is 9.44. The van der Waals surface area contributed by atoms with E-state index >= 15 is 0 Å². The van der Waals surface area contributed by atoms with E-state index in [9.17, 15) is 4.79 Å². The van der Waals surface area contributed by atoms with Crippen molar-refractivity contribution in [2.45, 2.75) is 52.6 Å². The molecule has 4 atom stereocenters. The quantitative estimate of drug-likeness (QED) is 0.761. The lowest BCUT2D eigenvalue weighted by Crippen LogP contribution is -2.56. The lowest BCUT2D eigenvalue weighted by molar-refractivity contribution is -0.118. The molecule has 3 heteroatoms. The zero-order valence-electron chi connectivity index (χ0n) is 12.9. The summed E-state index contributed by atoms with van der Waals surface area (Å²) in [5, 5.41) is 3.18. The van der Waals surface area contributed by atoms with E-state index in [-0.39, 0.29) is 29.3 Å². The molecule has 0 spiro atoms. The fraction of sp³-hybridized carbons (Fsp3) is 0.588. The van der Waals surface area contributed by atoms with Crippen LogP contribution in [0.2, 0.25) is 0 Å². The van der Waals surface area contributed by atoms with Crippen molar-refractivity contribution >= 4 is 5.91 Å². The largest absolute Gasteiger partial charge is 0.348 e. The van der Waals surface area contributed by atoms with Gasteiger partial charge < -0.3 is 11.1 Å². The van der Waals surface area contributed by atoms with E-state index in [1.54, 1.807) is 6.08 Å². The number of nitrogens with two attached hydrogens (primary N) is 1. The third-order valence-corrected chi connectivity index (χ3v) is 5.02. The predicted molar refractivity (Wildman–Crippen MR) is 83.1 cm³/mol. The molecule has 0 aromatic carbocycles. The second-order valence-corrected chi connectivity index (χ2v) is 6.15. The maximum Gasteiger partial charge on any atom is 0.243 e. The summed E-state index contributed by atoms with van der Waals surface area (Å²) < 4.78 is 0. The van der Waals surface area contributed by atoms with Gasteiger partial charge in [0.05, 0.1) is 0 Å². The van der Waals surface area contributed by atoms with Crippen molar-refractivity contribution in [1.82, 2.24) is 5.32 Å². The zero-order chi connectivity index (χ0) is 14.9. The molecule has 0 aromatic heterocycles. The molecule has 3 N–H and O–H groups in total. The van der Waals surface area contributed by atoms with Gasteiger partial charge in [0.1, 0.15) is 0 Å². The number of allylic oxidation sites excluding steroid dienone is 1. The van der Waals surface area contributed by atoms with E-state index in [1.165, 1.54) is 11.1 Å². The van der Waals surface area contributed by atoms with Crippen molar-refractivity contribution in [2.24, 2.45) is 17.1 Å². The van der Waals surface area contributed by atoms with E-state index in [0.29, 0.717) is 0 Å². The third kappa shape index (κ3) is 2.35. The molecule has 0 saturated heterocycles. The predicted octanol–water partition coefficient (Wildman–Crippen LogP) is 2.70. The third-order valence-electron chi connectivity index (χ3n) is 5.02. The average molecular weight is 274 g/mol. The minimum Gasteiger partial charge on any atom is -0.348 e. The van der Waals surface area contributed by atoms with E-state index in [0.717, 1.165) is 12.8 Å². The summed E-state index contributed by atoms with van der Waals surface area (Å²) in [6.45, 7) is 8.56. The SMILES string of the molecule is C/C=C(/C)C1(CC)C=C(C)C[C@H](N)C2C=CC(=O)NC21. The van der Waals surface area contributed by atoms with Gasteiger partial charge in [0.2, 0.25) is 5.91 Å². The Balaban J connectivity index is 2.59. The molecule has 3 nitrogen and oxygen atoms in total. The van der Waals surface area contributed by atoms with Gasteiger partial charge in [-0.3, -0.25) is 4.79 Å². The van der Waals surface area contributed by atoms with Gasteiger partial charge in [0.15, 0.2) is 0 Å². The molecular formula is C17H26N2O. The van der Waals surface area contributed by atoms with E-state index < -0.39 is 0 Å². The first-order valence-corrected chi connectivity index (χ1v) is 7.50. The Morgan fingerprint density at radius 2 is 2.30 bits per heavy atom. The van der Waals surface area contributed by atoms with Gasteiger partial charge in [-0.1, -0.05) is 36.3 Å². The summed E-state index contributed by atoms with van der Waals surface area (Å²) >= 11 is 0. The first kappa shape index (κ1) is 15.0. The topological polar surface area (TPSA) is 55.1 Å². The summed E-state index contributed by atoms with van der Waals surface area (Å²) in [4.78, 5) is 11.9. The van der Waals surface area contributed by atoms with Gasteiger partial charge >= 0.3 is 0 Å². The van der Waals surface area contributed by atoms with Crippen LogP contribution in [0.1, 0.15) is 40.5 Å². The Morgan fingerprint density at radius 3 is 2.90 bits per heavy atom. The Labute approximate surface area is 122 Å². The van der Waals surface area contributed by atoms with Crippen LogP contribution in [0.15, 0.2) is 35.5 Å². The fourth-order valence-corrected chi connectivity index (χ4v) is 3.79. The van der Waals surface area contributed by atoms with Crippen LogP contribution < -0.4 is 11.1 Å². The van der Waals surface area contributed by atoms with Crippen LogP contribution >= 0.6 is 0 Å². The molecule has 0 radical (unpaired) electrons. The second-order valence-electron chi connectivity index (χ2n) is 6.15. The molecule has 0 aromatic rings. The number of amides is 1. The van der Waals surface area contributed by atoms with Crippen molar-refractivity contribution in [3.8, 4) is 0 Å². The van der Waals surface area contributed by atoms with Crippen molar-refractivity contribution in [3.63, 3.8) is 0 Å². The van der Waals surface area contributed by atoms with Crippen molar-refractivity contribution in [2.75, 3.05) is 0 Å². The Hall–Kier alpha value is -1.35.